The Morgan fingerprint density at radius 1 is 1.80 bits per heavy atom. The molecule has 15 heavy (non-hydrogen) atoms. The Balaban J connectivity index is 2.12. The number of fused-ring (bicyclic) bond motifs is 1. The Hall–Kier alpha value is -0.610. The quantitative estimate of drug-likeness (QED) is 0.913. The fraction of sp³-hybridized carbons (Fsp3) is 0.545. The van der Waals surface area contributed by atoms with Crippen molar-refractivity contribution in [3.63, 3.8) is 0 Å². The molecule has 1 unspecified atom stereocenters. The van der Waals surface area contributed by atoms with Crippen LogP contribution >= 0.6 is 15.9 Å². The second-order valence-electron chi connectivity index (χ2n) is 4.01. The zero-order valence-corrected chi connectivity index (χ0v) is 10.5. The Morgan fingerprint density at radius 2 is 2.60 bits per heavy atom. The van der Waals surface area contributed by atoms with Crippen LogP contribution in [0.2, 0.25) is 0 Å². The van der Waals surface area contributed by atoms with Crippen molar-refractivity contribution in [1.82, 2.24) is 15.1 Å². The average molecular weight is 270 g/mol. The number of aromatic nitrogens is 2. The van der Waals surface area contributed by atoms with Crippen molar-refractivity contribution in [2.75, 3.05) is 6.54 Å². The van der Waals surface area contributed by atoms with Gasteiger partial charge in [0.25, 0.3) is 0 Å². The van der Waals surface area contributed by atoms with Gasteiger partial charge >= 0.3 is 0 Å². The van der Waals surface area contributed by atoms with E-state index in [0.717, 1.165) is 17.4 Å². The molecule has 1 aliphatic rings. The van der Waals surface area contributed by atoms with E-state index in [1.165, 1.54) is 24.1 Å². The SMILES string of the molecule is C=C(Br)CNC1CCCc2c1cnn2C. The zero-order valence-electron chi connectivity index (χ0n) is 8.96. The third-order valence-corrected chi connectivity index (χ3v) is 3.20. The molecule has 4 heteroatoms. The van der Waals surface area contributed by atoms with Crippen LogP contribution in [-0.4, -0.2) is 16.3 Å². The van der Waals surface area contributed by atoms with Gasteiger partial charge in [-0.3, -0.25) is 4.68 Å². The average Bonchev–Trinajstić information content (AvgIpc) is 2.58. The maximum absolute atomic E-state index is 4.32. The summed E-state index contributed by atoms with van der Waals surface area (Å²) in [6, 6.07) is 0.441. The molecule has 82 valence electrons. The Labute approximate surface area is 98.7 Å². The normalized spacial score (nSPS) is 20.0. The first-order valence-corrected chi connectivity index (χ1v) is 6.05. The molecule has 1 atom stereocenters. The predicted molar refractivity (Wildman–Crippen MR) is 65.0 cm³/mol. The molecule has 1 heterocycles. The first-order chi connectivity index (χ1) is 7.18. The molecule has 0 bridgehead atoms. The van der Waals surface area contributed by atoms with Crippen LogP contribution in [0.15, 0.2) is 17.3 Å². The highest BCUT2D eigenvalue weighted by molar-refractivity contribution is 9.11. The van der Waals surface area contributed by atoms with Crippen molar-refractivity contribution in [2.24, 2.45) is 7.05 Å². The van der Waals surface area contributed by atoms with Crippen molar-refractivity contribution in [1.29, 1.82) is 0 Å². The molecule has 0 aromatic carbocycles. The largest absolute Gasteiger partial charge is 0.305 e. The fourth-order valence-corrected chi connectivity index (χ4v) is 2.31. The van der Waals surface area contributed by atoms with Crippen LogP contribution in [0.5, 0.6) is 0 Å². The van der Waals surface area contributed by atoms with E-state index in [1.54, 1.807) is 0 Å². The first kappa shape index (κ1) is 10.9. The number of aryl methyl sites for hydroxylation is 1. The minimum Gasteiger partial charge on any atom is -0.305 e. The summed E-state index contributed by atoms with van der Waals surface area (Å²) in [4.78, 5) is 0. The number of halogens is 1. The summed E-state index contributed by atoms with van der Waals surface area (Å²) in [5.41, 5.74) is 2.73. The molecule has 1 N–H and O–H groups in total. The lowest BCUT2D eigenvalue weighted by Crippen LogP contribution is -2.26. The molecule has 0 spiro atoms. The van der Waals surface area contributed by atoms with E-state index in [9.17, 15) is 0 Å². The van der Waals surface area contributed by atoms with Crippen LogP contribution in [-0.2, 0) is 13.5 Å². The molecule has 2 rings (SSSR count). The van der Waals surface area contributed by atoms with Crippen molar-refractivity contribution in [2.45, 2.75) is 25.3 Å². The summed E-state index contributed by atoms with van der Waals surface area (Å²) in [6.45, 7) is 4.65. The lowest BCUT2D eigenvalue weighted by Gasteiger charge is -2.23. The van der Waals surface area contributed by atoms with Gasteiger partial charge in [0.15, 0.2) is 0 Å². The highest BCUT2D eigenvalue weighted by Crippen LogP contribution is 2.29. The van der Waals surface area contributed by atoms with Crippen molar-refractivity contribution in [3.8, 4) is 0 Å². The highest BCUT2D eigenvalue weighted by Gasteiger charge is 2.22. The van der Waals surface area contributed by atoms with Crippen LogP contribution in [0.25, 0.3) is 0 Å². The maximum atomic E-state index is 4.32. The van der Waals surface area contributed by atoms with E-state index < -0.39 is 0 Å². The van der Waals surface area contributed by atoms with Gasteiger partial charge in [0, 0.05) is 35.4 Å². The van der Waals surface area contributed by atoms with E-state index >= 15 is 0 Å². The molecule has 3 nitrogen and oxygen atoms in total. The number of hydrogen-bond donors (Lipinski definition) is 1. The molecular formula is C11H16BrN3. The molecule has 0 radical (unpaired) electrons. The Kier molecular flexibility index (Phi) is 3.26. The number of nitrogens with zero attached hydrogens (tertiary/aromatic N) is 2. The van der Waals surface area contributed by atoms with Crippen molar-refractivity contribution in [3.05, 3.63) is 28.5 Å². The van der Waals surface area contributed by atoms with E-state index in [0.29, 0.717) is 6.04 Å². The van der Waals surface area contributed by atoms with Gasteiger partial charge in [-0.25, -0.2) is 0 Å². The second-order valence-corrected chi connectivity index (χ2v) is 5.13. The van der Waals surface area contributed by atoms with Gasteiger partial charge in [-0.05, 0) is 19.3 Å². The van der Waals surface area contributed by atoms with Crippen LogP contribution in [0.4, 0.5) is 0 Å². The number of nitrogens with one attached hydrogen (secondary N) is 1. The minimum absolute atomic E-state index is 0.441. The summed E-state index contributed by atoms with van der Waals surface area (Å²) in [5, 5.41) is 7.81. The first-order valence-electron chi connectivity index (χ1n) is 5.26. The van der Waals surface area contributed by atoms with Gasteiger partial charge in [0.1, 0.15) is 0 Å². The van der Waals surface area contributed by atoms with Gasteiger partial charge in [-0.2, -0.15) is 5.10 Å². The summed E-state index contributed by atoms with van der Waals surface area (Å²) < 4.78 is 2.99. The maximum Gasteiger partial charge on any atom is 0.0540 e. The van der Waals surface area contributed by atoms with Gasteiger partial charge < -0.3 is 5.32 Å². The highest BCUT2D eigenvalue weighted by atomic mass is 79.9. The van der Waals surface area contributed by atoms with Crippen LogP contribution in [0.3, 0.4) is 0 Å². The second kappa shape index (κ2) is 4.49. The smallest absolute Gasteiger partial charge is 0.0540 e. The van der Waals surface area contributed by atoms with E-state index in [1.807, 2.05) is 17.9 Å². The third-order valence-electron chi connectivity index (χ3n) is 2.92. The molecule has 1 aliphatic carbocycles. The molecule has 0 amide bonds. The van der Waals surface area contributed by atoms with Gasteiger partial charge in [0.2, 0.25) is 0 Å². The van der Waals surface area contributed by atoms with E-state index in [2.05, 4.69) is 32.9 Å². The molecule has 1 aromatic heterocycles. The molecular weight excluding hydrogens is 254 g/mol. The van der Waals surface area contributed by atoms with Crippen LogP contribution in [0, 0.1) is 0 Å². The van der Waals surface area contributed by atoms with Crippen LogP contribution in [0.1, 0.15) is 30.1 Å². The van der Waals surface area contributed by atoms with Crippen molar-refractivity contribution >= 4 is 15.9 Å². The molecule has 0 saturated carbocycles. The standard InChI is InChI=1S/C11H16BrN3/c1-8(12)6-13-10-4-3-5-11-9(10)7-14-15(11)2/h7,10,13H,1,3-6H2,2H3. The van der Waals surface area contributed by atoms with Gasteiger partial charge in [-0.15, -0.1) is 0 Å². The topological polar surface area (TPSA) is 29.9 Å². The van der Waals surface area contributed by atoms with Gasteiger partial charge in [-0.1, -0.05) is 22.5 Å². The lowest BCUT2D eigenvalue weighted by atomic mass is 9.93. The summed E-state index contributed by atoms with van der Waals surface area (Å²) in [5.74, 6) is 0. The van der Waals surface area contributed by atoms with E-state index in [4.69, 9.17) is 0 Å². The summed E-state index contributed by atoms with van der Waals surface area (Å²) in [6.07, 6.45) is 5.57. The number of hydrogen-bond acceptors (Lipinski definition) is 2. The predicted octanol–water partition coefficient (Wildman–Crippen LogP) is 2.30. The molecule has 0 saturated heterocycles. The minimum atomic E-state index is 0.441. The molecule has 0 fully saturated rings. The lowest BCUT2D eigenvalue weighted by molar-refractivity contribution is 0.471. The van der Waals surface area contributed by atoms with Crippen LogP contribution < -0.4 is 5.32 Å². The van der Waals surface area contributed by atoms with Crippen molar-refractivity contribution < 1.29 is 0 Å². The zero-order chi connectivity index (χ0) is 10.8. The van der Waals surface area contributed by atoms with Gasteiger partial charge in [0.05, 0.1) is 6.20 Å². The summed E-state index contributed by atoms with van der Waals surface area (Å²) >= 11 is 3.37. The fourth-order valence-electron chi connectivity index (χ4n) is 2.15. The van der Waals surface area contributed by atoms with E-state index in [-0.39, 0.29) is 0 Å². The summed E-state index contributed by atoms with van der Waals surface area (Å²) in [7, 11) is 2.02. The monoisotopic (exact) mass is 269 g/mol. The Morgan fingerprint density at radius 3 is 3.33 bits per heavy atom. The Bertz CT molecular complexity index is 370. The third kappa shape index (κ3) is 2.32. The molecule has 0 aliphatic heterocycles. The number of rotatable bonds is 3. The molecule has 1 aromatic rings.